The maximum Gasteiger partial charge on any atom is 0.315 e. The van der Waals surface area contributed by atoms with E-state index < -0.39 is 0 Å². The molecule has 1 saturated heterocycles. The molecule has 1 fully saturated rings. The van der Waals surface area contributed by atoms with Gasteiger partial charge in [-0.25, -0.2) is 4.79 Å². The zero-order valence-electron chi connectivity index (χ0n) is 12.4. The minimum Gasteiger partial charge on any atom is -0.338 e. The van der Waals surface area contributed by atoms with Crippen molar-refractivity contribution in [2.45, 2.75) is 32.9 Å². The number of nitrogens with one attached hydrogen (secondary N) is 2. The smallest absolute Gasteiger partial charge is 0.315 e. The molecule has 1 aromatic rings. The average Bonchev–Trinajstić information content (AvgIpc) is 3.07. The van der Waals surface area contributed by atoms with E-state index in [1.54, 1.807) is 6.20 Å². The van der Waals surface area contributed by atoms with E-state index >= 15 is 0 Å². The van der Waals surface area contributed by atoms with Gasteiger partial charge in [0.15, 0.2) is 0 Å². The topological polar surface area (TPSA) is 62.2 Å². The van der Waals surface area contributed by atoms with Crippen molar-refractivity contribution in [3.05, 3.63) is 18.5 Å². The van der Waals surface area contributed by atoms with E-state index in [-0.39, 0.29) is 12.1 Å². The van der Waals surface area contributed by atoms with Gasteiger partial charge in [0, 0.05) is 31.5 Å². The number of aromatic nitrogens is 2. The molecule has 2 atom stereocenters. The summed E-state index contributed by atoms with van der Waals surface area (Å²) in [5.41, 5.74) is 0. The van der Waals surface area contributed by atoms with Gasteiger partial charge in [-0.15, -0.1) is 0 Å². The highest BCUT2D eigenvalue weighted by molar-refractivity contribution is 5.74. The first-order chi connectivity index (χ1) is 9.67. The fraction of sp³-hybridized carbons (Fsp3) is 0.714. The highest BCUT2D eigenvalue weighted by Gasteiger charge is 2.21. The summed E-state index contributed by atoms with van der Waals surface area (Å²) in [4.78, 5) is 14.2. The third kappa shape index (κ3) is 4.52. The van der Waals surface area contributed by atoms with Gasteiger partial charge in [-0.1, -0.05) is 6.92 Å². The fourth-order valence-electron chi connectivity index (χ4n) is 2.61. The molecular weight excluding hydrogens is 254 g/mol. The van der Waals surface area contributed by atoms with Gasteiger partial charge in [0.05, 0.1) is 6.54 Å². The Morgan fingerprint density at radius 2 is 2.40 bits per heavy atom. The molecule has 2 heterocycles. The fourth-order valence-corrected chi connectivity index (χ4v) is 2.61. The lowest BCUT2D eigenvalue weighted by Crippen LogP contribution is -2.44. The van der Waals surface area contributed by atoms with Crippen LogP contribution in [0.1, 0.15) is 20.3 Å². The number of amides is 2. The Hall–Kier alpha value is -1.56. The number of hydrogen-bond acceptors (Lipinski definition) is 3. The molecule has 20 heavy (non-hydrogen) atoms. The van der Waals surface area contributed by atoms with Crippen LogP contribution in [0.15, 0.2) is 18.5 Å². The molecule has 6 heteroatoms. The molecule has 0 aromatic carbocycles. The summed E-state index contributed by atoms with van der Waals surface area (Å²) in [6.07, 6.45) is 4.82. The third-order valence-electron chi connectivity index (χ3n) is 3.77. The second-order valence-corrected chi connectivity index (χ2v) is 5.53. The molecule has 2 amide bonds. The SMILES string of the molecule is CCN1CCC(CNC(=O)NC(C)Cn2cccn2)C1. The molecule has 1 aromatic heterocycles. The molecule has 0 spiro atoms. The maximum absolute atomic E-state index is 11.8. The van der Waals surface area contributed by atoms with E-state index in [4.69, 9.17) is 0 Å². The Labute approximate surface area is 120 Å². The Kier molecular flexibility index (Phi) is 5.40. The Morgan fingerprint density at radius 1 is 1.55 bits per heavy atom. The van der Waals surface area contributed by atoms with Crippen molar-refractivity contribution >= 4 is 6.03 Å². The molecule has 0 saturated carbocycles. The van der Waals surface area contributed by atoms with E-state index in [1.807, 2.05) is 23.9 Å². The van der Waals surface area contributed by atoms with Gasteiger partial charge in [0.1, 0.15) is 0 Å². The van der Waals surface area contributed by atoms with Gasteiger partial charge in [-0.05, 0) is 38.4 Å². The maximum atomic E-state index is 11.8. The van der Waals surface area contributed by atoms with Crippen LogP contribution in [0.25, 0.3) is 0 Å². The molecular formula is C14H25N5O. The van der Waals surface area contributed by atoms with Crippen LogP contribution in [0, 0.1) is 5.92 Å². The lowest BCUT2D eigenvalue weighted by molar-refractivity contribution is 0.234. The largest absolute Gasteiger partial charge is 0.338 e. The minimum absolute atomic E-state index is 0.0608. The number of carbonyl (C=O) groups is 1. The highest BCUT2D eigenvalue weighted by Crippen LogP contribution is 2.14. The number of nitrogens with zero attached hydrogens (tertiary/aromatic N) is 3. The lowest BCUT2D eigenvalue weighted by atomic mass is 10.1. The first-order valence-electron chi connectivity index (χ1n) is 7.41. The predicted molar refractivity (Wildman–Crippen MR) is 78.4 cm³/mol. The first kappa shape index (κ1) is 14.8. The highest BCUT2D eigenvalue weighted by atomic mass is 16.2. The second kappa shape index (κ2) is 7.28. The van der Waals surface area contributed by atoms with Crippen LogP contribution in [0.5, 0.6) is 0 Å². The zero-order valence-corrected chi connectivity index (χ0v) is 12.4. The summed E-state index contributed by atoms with van der Waals surface area (Å²) in [6, 6.07) is 1.86. The molecule has 112 valence electrons. The van der Waals surface area contributed by atoms with Crippen LogP contribution in [0.3, 0.4) is 0 Å². The number of rotatable bonds is 6. The van der Waals surface area contributed by atoms with E-state index in [0.717, 1.165) is 26.2 Å². The first-order valence-corrected chi connectivity index (χ1v) is 7.41. The van der Waals surface area contributed by atoms with Gasteiger partial charge in [-0.3, -0.25) is 4.68 Å². The Bertz CT molecular complexity index is 406. The molecule has 1 aliphatic heterocycles. The van der Waals surface area contributed by atoms with Crippen LogP contribution in [0.4, 0.5) is 4.79 Å². The number of carbonyl (C=O) groups excluding carboxylic acids is 1. The summed E-state index contributed by atoms with van der Waals surface area (Å²) >= 11 is 0. The van der Waals surface area contributed by atoms with Crippen molar-refractivity contribution in [1.29, 1.82) is 0 Å². The van der Waals surface area contributed by atoms with Gasteiger partial charge in [-0.2, -0.15) is 5.10 Å². The van der Waals surface area contributed by atoms with Gasteiger partial charge in [0.25, 0.3) is 0 Å². The molecule has 2 rings (SSSR count). The summed E-state index contributed by atoms with van der Waals surface area (Å²) < 4.78 is 1.82. The van der Waals surface area contributed by atoms with Crippen molar-refractivity contribution < 1.29 is 4.79 Å². The third-order valence-corrected chi connectivity index (χ3v) is 3.77. The molecule has 2 N–H and O–H groups in total. The predicted octanol–water partition coefficient (Wildman–Crippen LogP) is 0.913. The van der Waals surface area contributed by atoms with E-state index in [1.165, 1.54) is 6.42 Å². The second-order valence-electron chi connectivity index (χ2n) is 5.53. The van der Waals surface area contributed by atoms with E-state index in [0.29, 0.717) is 12.5 Å². The molecule has 1 aliphatic rings. The number of hydrogen-bond donors (Lipinski definition) is 2. The monoisotopic (exact) mass is 279 g/mol. The normalized spacial score (nSPS) is 20.8. The van der Waals surface area contributed by atoms with E-state index in [9.17, 15) is 4.79 Å². The summed E-state index contributed by atoms with van der Waals surface area (Å²) in [6.45, 7) is 8.96. The molecule has 6 nitrogen and oxygen atoms in total. The molecule has 0 aliphatic carbocycles. The molecule has 2 unspecified atom stereocenters. The summed E-state index contributed by atoms with van der Waals surface area (Å²) in [5, 5.41) is 10.0. The van der Waals surface area contributed by atoms with Crippen molar-refractivity contribution in [2.24, 2.45) is 5.92 Å². The summed E-state index contributed by atoms with van der Waals surface area (Å²) in [7, 11) is 0. The van der Waals surface area contributed by atoms with Crippen LogP contribution in [0.2, 0.25) is 0 Å². The van der Waals surface area contributed by atoms with Crippen molar-refractivity contribution in [3.8, 4) is 0 Å². The van der Waals surface area contributed by atoms with Gasteiger partial charge >= 0.3 is 6.03 Å². The van der Waals surface area contributed by atoms with Gasteiger partial charge in [0.2, 0.25) is 0 Å². The zero-order chi connectivity index (χ0) is 14.4. The lowest BCUT2D eigenvalue weighted by Gasteiger charge is -2.17. The Morgan fingerprint density at radius 3 is 3.05 bits per heavy atom. The molecule has 0 bridgehead atoms. The van der Waals surface area contributed by atoms with E-state index in [2.05, 4.69) is 27.6 Å². The van der Waals surface area contributed by atoms with Crippen molar-refractivity contribution in [3.63, 3.8) is 0 Å². The quantitative estimate of drug-likeness (QED) is 0.814. The van der Waals surface area contributed by atoms with Crippen molar-refractivity contribution in [2.75, 3.05) is 26.2 Å². The van der Waals surface area contributed by atoms with Gasteiger partial charge < -0.3 is 15.5 Å². The summed E-state index contributed by atoms with van der Waals surface area (Å²) in [5.74, 6) is 0.585. The van der Waals surface area contributed by atoms with Crippen LogP contribution < -0.4 is 10.6 Å². The molecule has 0 radical (unpaired) electrons. The van der Waals surface area contributed by atoms with Crippen LogP contribution in [-0.2, 0) is 6.54 Å². The van der Waals surface area contributed by atoms with Crippen molar-refractivity contribution in [1.82, 2.24) is 25.3 Å². The standard InChI is InChI=1S/C14H25N5O/c1-3-18-8-5-13(11-18)9-15-14(20)17-12(2)10-19-7-4-6-16-19/h4,6-7,12-13H,3,5,8-11H2,1-2H3,(H2,15,17,20). The minimum atomic E-state index is -0.0837. The van der Waals surface area contributed by atoms with Crippen LogP contribution >= 0.6 is 0 Å². The average molecular weight is 279 g/mol. The number of urea groups is 1. The number of likely N-dealkylation sites (tertiary alicyclic amines) is 1. The Balaban J connectivity index is 1.62. The van der Waals surface area contributed by atoms with Crippen LogP contribution in [-0.4, -0.2) is 52.9 Å².